The van der Waals surface area contributed by atoms with Gasteiger partial charge in [0.15, 0.2) is 11.5 Å². The molecule has 5 nitrogen and oxygen atoms in total. The fourth-order valence-corrected chi connectivity index (χ4v) is 2.95. The van der Waals surface area contributed by atoms with E-state index in [1.165, 1.54) is 24.3 Å². The number of carbonyl (C=O) groups excluding carboxylic acids is 1. The van der Waals surface area contributed by atoms with Crippen LogP contribution in [0.15, 0.2) is 60.7 Å². The van der Waals surface area contributed by atoms with Gasteiger partial charge in [-0.25, -0.2) is 0 Å². The first-order chi connectivity index (χ1) is 14.7. The van der Waals surface area contributed by atoms with Gasteiger partial charge in [-0.05, 0) is 49.7 Å². The summed E-state index contributed by atoms with van der Waals surface area (Å²) in [7, 11) is 0. The number of benzene rings is 2. The lowest BCUT2D eigenvalue weighted by molar-refractivity contribution is -0.275. The van der Waals surface area contributed by atoms with Crippen molar-refractivity contribution in [2.45, 2.75) is 33.1 Å². The molecule has 0 aliphatic heterocycles. The van der Waals surface area contributed by atoms with Crippen LogP contribution in [-0.4, -0.2) is 17.3 Å². The predicted octanol–water partition coefficient (Wildman–Crippen LogP) is 6.29. The Labute approximate surface area is 177 Å². The maximum Gasteiger partial charge on any atom is 0.573 e. The number of aryl methyl sites for hydroxylation is 2. The van der Waals surface area contributed by atoms with Crippen molar-refractivity contribution >= 4 is 11.6 Å². The Balaban J connectivity index is 1.75. The van der Waals surface area contributed by atoms with Crippen LogP contribution in [0.4, 0.5) is 18.9 Å². The fourth-order valence-electron chi connectivity index (χ4n) is 2.95. The number of halogens is 3. The van der Waals surface area contributed by atoms with Crippen LogP contribution in [0.5, 0.6) is 17.2 Å². The molecular weight excluding hydrogens is 409 g/mol. The molecule has 0 atom stereocenters. The zero-order valence-corrected chi connectivity index (χ0v) is 17.0. The number of amides is 1. The molecule has 3 aromatic rings. The molecule has 162 valence electrons. The number of aromatic nitrogens is 1. The first kappa shape index (κ1) is 22.1. The van der Waals surface area contributed by atoms with E-state index in [1.54, 1.807) is 31.2 Å². The molecule has 0 fully saturated rings. The molecule has 1 heterocycles. The van der Waals surface area contributed by atoms with E-state index in [0.29, 0.717) is 16.9 Å². The van der Waals surface area contributed by atoms with Gasteiger partial charge < -0.3 is 14.8 Å². The Morgan fingerprint density at radius 3 is 2.45 bits per heavy atom. The second-order valence-corrected chi connectivity index (χ2v) is 6.76. The van der Waals surface area contributed by atoms with E-state index in [0.717, 1.165) is 24.6 Å². The highest BCUT2D eigenvalue weighted by Crippen LogP contribution is 2.35. The maximum absolute atomic E-state index is 12.6. The van der Waals surface area contributed by atoms with Crippen LogP contribution in [0.3, 0.4) is 0 Å². The van der Waals surface area contributed by atoms with Crippen LogP contribution < -0.4 is 14.8 Å². The van der Waals surface area contributed by atoms with Crippen LogP contribution in [0.2, 0.25) is 0 Å². The Kier molecular flexibility index (Phi) is 6.79. The fraction of sp³-hybridized carbons (Fsp3) is 0.217. The standard InChI is InChI=1S/C23H21F3N2O3/c1-3-7-16-12-13-19(15(2)27-16)22(29)28-17-8-6-9-18(14-17)30-20-10-4-5-11-21(20)31-23(24,25)26/h4-6,8-14H,3,7H2,1-2H3,(H,28,29). The SMILES string of the molecule is CCCc1ccc(C(=O)Nc2cccc(Oc3ccccc3OC(F)(F)F)c2)c(C)n1. The Hall–Kier alpha value is -3.55. The van der Waals surface area contributed by atoms with E-state index >= 15 is 0 Å². The molecule has 3 rings (SSSR count). The summed E-state index contributed by atoms with van der Waals surface area (Å²) in [5.74, 6) is -0.664. The zero-order chi connectivity index (χ0) is 22.4. The average Bonchev–Trinajstić information content (AvgIpc) is 2.69. The number of hydrogen-bond donors (Lipinski definition) is 1. The van der Waals surface area contributed by atoms with E-state index in [-0.39, 0.29) is 17.4 Å². The van der Waals surface area contributed by atoms with Gasteiger partial charge in [0.05, 0.1) is 11.3 Å². The number of para-hydroxylation sites is 2. The molecule has 0 saturated heterocycles. The van der Waals surface area contributed by atoms with Gasteiger partial charge in [-0.15, -0.1) is 13.2 Å². The van der Waals surface area contributed by atoms with Crippen molar-refractivity contribution in [2.24, 2.45) is 0 Å². The maximum atomic E-state index is 12.6. The smallest absolute Gasteiger partial charge is 0.453 e. The lowest BCUT2D eigenvalue weighted by atomic mass is 10.1. The molecule has 0 bridgehead atoms. The number of rotatable bonds is 7. The topological polar surface area (TPSA) is 60.5 Å². The number of carbonyl (C=O) groups is 1. The number of ether oxygens (including phenoxy) is 2. The predicted molar refractivity (Wildman–Crippen MR) is 111 cm³/mol. The molecule has 31 heavy (non-hydrogen) atoms. The van der Waals surface area contributed by atoms with Crippen LogP contribution >= 0.6 is 0 Å². The van der Waals surface area contributed by atoms with Gasteiger partial charge in [-0.2, -0.15) is 0 Å². The van der Waals surface area contributed by atoms with E-state index in [2.05, 4.69) is 22.0 Å². The van der Waals surface area contributed by atoms with Crippen molar-refractivity contribution in [1.29, 1.82) is 0 Å². The number of pyridine rings is 1. The minimum atomic E-state index is -4.84. The number of hydrogen-bond acceptors (Lipinski definition) is 4. The summed E-state index contributed by atoms with van der Waals surface area (Å²) < 4.78 is 47.4. The number of nitrogens with one attached hydrogen (secondary N) is 1. The van der Waals surface area contributed by atoms with Gasteiger partial charge in [-0.3, -0.25) is 9.78 Å². The van der Waals surface area contributed by atoms with Gasteiger partial charge in [0.25, 0.3) is 5.91 Å². The summed E-state index contributed by atoms with van der Waals surface area (Å²) in [4.78, 5) is 17.1. The molecule has 1 N–H and O–H groups in total. The van der Waals surface area contributed by atoms with E-state index in [1.807, 2.05) is 6.07 Å². The minimum Gasteiger partial charge on any atom is -0.453 e. The molecule has 1 aromatic heterocycles. The molecule has 0 aliphatic rings. The largest absolute Gasteiger partial charge is 0.573 e. The molecular formula is C23H21F3N2O3. The van der Waals surface area contributed by atoms with Gasteiger partial charge in [0, 0.05) is 17.4 Å². The van der Waals surface area contributed by atoms with Crippen molar-refractivity contribution in [2.75, 3.05) is 5.32 Å². The summed E-state index contributed by atoms with van der Waals surface area (Å²) in [6.07, 6.45) is -3.04. The van der Waals surface area contributed by atoms with Crippen LogP contribution in [-0.2, 0) is 6.42 Å². The summed E-state index contributed by atoms with van der Waals surface area (Å²) in [5.41, 5.74) is 2.41. The minimum absolute atomic E-state index is 0.102. The monoisotopic (exact) mass is 430 g/mol. The van der Waals surface area contributed by atoms with Gasteiger partial charge >= 0.3 is 6.36 Å². The van der Waals surface area contributed by atoms with Crippen molar-refractivity contribution in [3.63, 3.8) is 0 Å². The average molecular weight is 430 g/mol. The number of alkyl halides is 3. The molecule has 0 spiro atoms. The van der Waals surface area contributed by atoms with Crippen LogP contribution in [0, 0.1) is 6.92 Å². The lowest BCUT2D eigenvalue weighted by Gasteiger charge is -2.14. The Bertz CT molecular complexity index is 1070. The first-order valence-corrected chi connectivity index (χ1v) is 9.65. The van der Waals surface area contributed by atoms with Crippen LogP contribution in [0.25, 0.3) is 0 Å². The van der Waals surface area contributed by atoms with Crippen LogP contribution in [0.1, 0.15) is 35.1 Å². The highest BCUT2D eigenvalue weighted by atomic mass is 19.4. The summed E-state index contributed by atoms with van der Waals surface area (Å²) >= 11 is 0. The Morgan fingerprint density at radius 2 is 1.77 bits per heavy atom. The normalized spacial score (nSPS) is 11.1. The van der Waals surface area contributed by atoms with E-state index in [4.69, 9.17) is 4.74 Å². The van der Waals surface area contributed by atoms with E-state index < -0.39 is 12.1 Å². The third-order valence-corrected chi connectivity index (χ3v) is 4.29. The zero-order valence-electron chi connectivity index (χ0n) is 17.0. The van der Waals surface area contributed by atoms with E-state index in [9.17, 15) is 18.0 Å². The van der Waals surface area contributed by atoms with Crippen molar-refractivity contribution < 1.29 is 27.4 Å². The van der Waals surface area contributed by atoms with Crippen molar-refractivity contribution in [1.82, 2.24) is 4.98 Å². The Morgan fingerprint density at radius 1 is 1.03 bits per heavy atom. The second kappa shape index (κ2) is 9.51. The quantitative estimate of drug-likeness (QED) is 0.479. The molecule has 0 saturated carbocycles. The summed E-state index contributed by atoms with van der Waals surface area (Å²) in [6, 6.07) is 15.4. The third kappa shape index (κ3) is 6.21. The number of nitrogens with zero attached hydrogens (tertiary/aromatic N) is 1. The van der Waals surface area contributed by atoms with Gasteiger partial charge in [0.2, 0.25) is 0 Å². The summed E-state index contributed by atoms with van der Waals surface area (Å²) in [5, 5.41) is 2.76. The molecule has 2 aromatic carbocycles. The number of anilines is 1. The third-order valence-electron chi connectivity index (χ3n) is 4.29. The molecule has 1 amide bonds. The highest BCUT2D eigenvalue weighted by Gasteiger charge is 2.32. The van der Waals surface area contributed by atoms with Crippen molar-refractivity contribution in [3.8, 4) is 17.2 Å². The first-order valence-electron chi connectivity index (χ1n) is 9.65. The van der Waals surface area contributed by atoms with Crippen molar-refractivity contribution in [3.05, 3.63) is 77.6 Å². The molecule has 0 aliphatic carbocycles. The van der Waals surface area contributed by atoms with Gasteiger partial charge in [0.1, 0.15) is 5.75 Å². The summed E-state index contributed by atoms with van der Waals surface area (Å²) in [6.45, 7) is 3.82. The molecule has 8 heteroatoms. The molecule has 0 radical (unpaired) electrons. The van der Waals surface area contributed by atoms with Gasteiger partial charge in [-0.1, -0.05) is 31.5 Å². The second-order valence-electron chi connectivity index (χ2n) is 6.76. The molecule has 0 unspecified atom stereocenters. The highest BCUT2D eigenvalue weighted by molar-refractivity contribution is 6.05. The lowest BCUT2D eigenvalue weighted by Crippen LogP contribution is -2.17.